The number of anilines is 1. The maximum atomic E-state index is 12.9. The molecule has 0 radical (unpaired) electrons. The summed E-state index contributed by atoms with van der Waals surface area (Å²) in [5.41, 5.74) is 9.39. The standard InChI is InChI=1S/C19H19N9OS/c29-18(16-11-30-19(26-16)13-7-23-24-8-13)25-15-10-28(9-12-5-21-22-6-12)27-17(15)14-3-1-2-4-20-14/h1-4,7-8,10-12,21-22H,5-6,9H2,(H,23,24)(H,25,29). The van der Waals surface area contributed by atoms with Gasteiger partial charge in [-0.2, -0.15) is 10.2 Å². The van der Waals surface area contributed by atoms with Crippen LogP contribution in [0, 0.1) is 5.92 Å². The number of aromatic nitrogens is 6. The first-order valence-corrected chi connectivity index (χ1v) is 10.3. The average molecular weight is 421 g/mol. The van der Waals surface area contributed by atoms with Gasteiger partial charge in [-0.3, -0.25) is 30.4 Å². The van der Waals surface area contributed by atoms with E-state index in [4.69, 9.17) is 5.10 Å². The highest BCUT2D eigenvalue weighted by Crippen LogP contribution is 2.27. The number of amides is 1. The highest BCUT2D eigenvalue weighted by molar-refractivity contribution is 7.13. The third kappa shape index (κ3) is 3.85. The van der Waals surface area contributed by atoms with Gasteiger partial charge in [0, 0.05) is 55.1 Å². The van der Waals surface area contributed by atoms with Crippen molar-refractivity contribution in [2.24, 2.45) is 5.92 Å². The van der Waals surface area contributed by atoms with Crippen LogP contribution in [0.1, 0.15) is 10.5 Å². The maximum absolute atomic E-state index is 12.9. The van der Waals surface area contributed by atoms with Crippen molar-refractivity contribution in [1.29, 1.82) is 0 Å². The van der Waals surface area contributed by atoms with E-state index in [1.165, 1.54) is 11.3 Å². The third-order valence-corrected chi connectivity index (χ3v) is 5.64. The number of carbonyl (C=O) groups is 1. The van der Waals surface area contributed by atoms with Crippen LogP contribution in [0.25, 0.3) is 22.0 Å². The Kier molecular flexibility index (Phi) is 5.05. The molecule has 1 fully saturated rings. The molecular weight excluding hydrogens is 402 g/mol. The van der Waals surface area contributed by atoms with Crippen LogP contribution in [0.4, 0.5) is 5.69 Å². The summed E-state index contributed by atoms with van der Waals surface area (Å²) in [6, 6.07) is 5.62. The van der Waals surface area contributed by atoms with Gasteiger partial charge < -0.3 is 5.32 Å². The van der Waals surface area contributed by atoms with Crippen molar-refractivity contribution in [2.45, 2.75) is 6.54 Å². The van der Waals surface area contributed by atoms with Gasteiger partial charge in [-0.25, -0.2) is 4.98 Å². The fraction of sp³-hybridized carbons (Fsp3) is 0.211. The zero-order valence-electron chi connectivity index (χ0n) is 15.9. The molecule has 0 aliphatic carbocycles. The van der Waals surface area contributed by atoms with E-state index in [9.17, 15) is 4.79 Å². The minimum Gasteiger partial charge on any atom is -0.317 e. The Morgan fingerprint density at radius 3 is 2.97 bits per heavy atom. The van der Waals surface area contributed by atoms with Crippen molar-refractivity contribution in [2.75, 3.05) is 18.4 Å². The minimum atomic E-state index is -0.290. The zero-order chi connectivity index (χ0) is 20.3. The van der Waals surface area contributed by atoms with Crippen molar-refractivity contribution < 1.29 is 4.79 Å². The predicted octanol–water partition coefficient (Wildman–Crippen LogP) is 1.77. The molecule has 4 N–H and O–H groups in total. The van der Waals surface area contributed by atoms with Gasteiger partial charge in [0.1, 0.15) is 16.4 Å². The van der Waals surface area contributed by atoms with Gasteiger partial charge in [-0.15, -0.1) is 11.3 Å². The molecule has 152 valence electrons. The Balaban J connectivity index is 1.40. The van der Waals surface area contributed by atoms with Gasteiger partial charge in [-0.05, 0) is 12.1 Å². The van der Waals surface area contributed by atoms with Crippen LogP contribution in [0.2, 0.25) is 0 Å². The summed E-state index contributed by atoms with van der Waals surface area (Å²) in [7, 11) is 0. The molecule has 1 aliphatic rings. The van der Waals surface area contributed by atoms with Crippen molar-refractivity contribution in [3.8, 4) is 22.0 Å². The van der Waals surface area contributed by atoms with Crippen LogP contribution in [-0.4, -0.2) is 48.9 Å². The molecule has 1 saturated heterocycles. The van der Waals surface area contributed by atoms with Crippen LogP contribution in [0.5, 0.6) is 0 Å². The van der Waals surface area contributed by atoms with Crippen LogP contribution in [0.15, 0.2) is 48.4 Å². The van der Waals surface area contributed by atoms with Gasteiger partial charge in [0.15, 0.2) is 0 Å². The van der Waals surface area contributed by atoms with Crippen molar-refractivity contribution >= 4 is 22.9 Å². The van der Waals surface area contributed by atoms with E-state index >= 15 is 0 Å². The molecule has 11 heteroatoms. The van der Waals surface area contributed by atoms with Gasteiger partial charge in [0.2, 0.25) is 0 Å². The SMILES string of the molecule is O=C(Nc1cn(CC2CNNC2)nc1-c1ccccn1)c1csc(-c2cn[nH]c2)n1. The first-order valence-electron chi connectivity index (χ1n) is 9.47. The molecule has 5 rings (SSSR count). The summed E-state index contributed by atoms with van der Waals surface area (Å²) in [6.07, 6.45) is 6.99. The Labute approximate surface area is 175 Å². The maximum Gasteiger partial charge on any atom is 0.275 e. The third-order valence-electron chi connectivity index (χ3n) is 4.75. The molecule has 0 aromatic carbocycles. The lowest BCUT2D eigenvalue weighted by molar-refractivity contribution is 0.102. The van der Waals surface area contributed by atoms with Crippen LogP contribution >= 0.6 is 11.3 Å². The minimum absolute atomic E-state index is 0.290. The number of thiazole rings is 1. The Morgan fingerprint density at radius 1 is 1.30 bits per heavy atom. The number of rotatable bonds is 6. The summed E-state index contributed by atoms with van der Waals surface area (Å²) in [5, 5.41) is 16.8. The zero-order valence-corrected chi connectivity index (χ0v) is 16.7. The number of nitrogens with one attached hydrogen (secondary N) is 4. The van der Waals surface area contributed by atoms with E-state index in [1.807, 2.05) is 29.1 Å². The summed E-state index contributed by atoms with van der Waals surface area (Å²) in [5.74, 6) is 0.128. The topological polar surface area (TPSA) is 125 Å². The molecule has 5 heterocycles. The monoisotopic (exact) mass is 421 g/mol. The van der Waals surface area contributed by atoms with E-state index in [0.717, 1.165) is 30.2 Å². The molecule has 0 saturated carbocycles. The number of H-pyrrole nitrogens is 1. The second-order valence-corrected chi connectivity index (χ2v) is 7.79. The number of hydrogen-bond donors (Lipinski definition) is 4. The molecule has 10 nitrogen and oxygen atoms in total. The summed E-state index contributed by atoms with van der Waals surface area (Å²) < 4.78 is 1.86. The lowest BCUT2D eigenvalue weighted by Gasteiger charge is -2.06. The predicted molar refractivity (Wildman–Crippen MR) is 113 cm³/mol. The second-order valence-electron chi connectivity index (χ2n) is 6.94. The lowest BCUT2D eigenvalue weighted by Crippen LogP contribution is -2.21. The summed E-state index contributed by atoms with van der Waals surface area (Å²) >= 11 is 1.39. The van der Waals surface area contributed by atoms with E-state index < -0.39 is 0 Å². The molecule has 0 unspecified atom stereocenters. The van der Waals surface area contributed by atoms with E-state index in [-0.39, 0.29) is 5.91 Å². The van der Waals surface area contributed by atoms with Crippen LogP contribution in [-0.2, 0) is 6.54 Å². The number of carbonyl (C=O) groups excluding carboxylic acids is 1. The van der Waals surface area contributed by atoms with Gasteiger partial charge in [-0.1, -0.05) is 6.07 Å². The molecule has 4 aromatic rings. The first kappa shape index (κ1) is 18.6. The summed E-state index contributed by atoms with van der Waals surface area (Å²) in [4.78, 5) is 21.7. The number of hydrogen-bond acceptors (Lipinski definition) is 8. The Morgan fingerprint density at radius 2 is 2.20 bits per heavy atom. The largest absolute Gasteiger partial charge is 0.317 e. The van der Waals surface area contributed by atoms with Crippen molar-refractivity contribution in [1.82, 2.24) is 40.8 Å². The quantitative estimate of drug-likeness (QED) is 0.374. The fourth-order valence-electron chi connectivity index (χ4n) is 3.26. The molecule has 0 bridgehead atoms. The molecule has 0 atom stereocenters. The molecular formula is C19H19N9OS. The lowest BCUT2D eigenvalue weighted by atomic mass is 10.2. The van der Waals surface area contributed by atoms with Gasteiger partial charge in [0.25, 0.3) is 5.91 Å². The van der Waals surface area contributed by atoms with Crippen molar-refractivity contribution in [3.05, 3.63) is 54.1 Å². The normalized spacial score (nSPS) is 14.3. The molecule has 0 spiro atoms. The average Bonchev–Trinajstić information content (AvgIpc) is 3.55. The number of nitrogens with zero attached hydrogens (tertiary/aromatic N) is 5. The number of hydrazine groups is 1. The van der Waals surface area contributed by atoms with Crippen molar-refractivity contribution in [3.63, 3.8) is 0 Å². The van der Waals surface area contributed by atoms with E-state index in [2.05, 4.69) is 36.3 Å². The molecule has 1 aliphatic heterocycles. The first-order chi connectivity index (χ1) is 14.8. The highest BCUT2D eigenvalue weighted by atomic mass is 32.1. The Hall–Kier alpha value is -3.41. The molecule has 30 heavy (non-hydrogen) atoms. The smallest absolute Gasteiger partial charge is 0.275 e. The van der Waals surface area contributed by atoms with E-state index in [0.29, 0.717) is 28.7 Å². The molecule has 4 aromatic heterocycles. The number of aromatic amines is 1. The van der Waals surface area contributed by atoms with Gasteiger partial charge >= 0.3 is 0 Å². The highest BCUT2D eigenvalue weighted by Gasteiger charge is 2.20. The van der Waals surface area contributed by atoms with E-state index in [1.54, 1.807) is 24.0 Å². The van der Waals surface area contributed by atoms with Crippen LogP contribution in [0.3, 0.4) is 0 Å². The second kappa shape index (κ2) is 8.14. The van der Waals surface area contributed by atoms with Gasteiger partial charge in [0.05, 0.1) is 17.6 Å². The van der Waals surface area contributed by atoms with Crippen LogP contribution < -0.4 is 16.2 Å². The molecule has 1 amide bonds. The number of pyridine rings is 1. The fourth-order valence-corrected chi connectivity index (χ4v) is 4.04. The summed E-state index contributed by atoms with van der Waals surface area (Å²) in [6.45, 7) is 2.48. The Bertz CT molecular complexity index is 1130.